The molecule has 0 aliphatic rings. The molecule has 2 N–H and O–H groups in total. The molecule has 35 heavy (non-hydrogen) atoms. The zero-order valence-electron chi connectivity index (χ0n) is 20.3. The SMILES string of the molecule is CC(=O)Oc1cccc(C(=O)NCc2ccc(NC(=O)C(C)Oc3ccc(C(C)C)cc3)cc2)c1. The summed E-state index contributed by atoms with van der Waals surface area (Å²) in [5, 5.41) is 5.66. The number of amides is 2. The molecule has 0 saturated heterocycles. The molecule has 0 bridgehead atoms. The van der Waals surface area contributed by atoms with Crippen LogP contribution in [0.1, 0.15) is 55.1 Å². The molecule has 0 fully saturated rings. The van der Waals surface area contributed by atoms with Crippen molar-refractivity contribution in [2.75, 3.05) is 5.32 Å². The predicted octanol–water partition coefficient (Wildman–Crippen LogP) is 5.07. The number of hydrogen-bond acceptors (Lipinski definition) is 5. The van der Waals surface area contributed by atoms with Crippen LogP contribution in [-0.2, 0) is 16.1 Å². The normalized spacial score (nSPS) is 11.5. The predicted molar refractivity (Wildman–Crippen MR) is 135 cm³/mol. The Labute approximate surface area is 205 Å². The topological polar surface area (TPSA) is 93.7 Å². The van der Waals surface area contributed by atoms with E-state index in [0.29, 0.717) is 35.2 Å². The Balaban J connectivity index is 1.50. The van der Waals surface area contributed by atoms with E-state index >= 15 is 0 Å². The van der Waals surface area contributed by atoms with Crippen LogP contribution in [0.25, 0.3) is 0 Å². The van der Waals surface area contributed by atoms with Crippen molar-refractivity contribution < 1.29 is 23.9 Å². The fraction of sp³-hybridized carbons (Fsp3) is 0.250. The van der Waals surface area contributed by atoms with E-state index in [1.54, 1.807) is 37.3 Å². The van der Waals surface area contributed by atoms with Gasteiger partial charge >= 0.3 is 5.97 Å². The van der Waals surface area contributed by atoms with E-state index < -0.39 is 12.1 Å². The van der Waals surface area contributed by atoms with Gasteiger partial charge in [0.1, 0.15) is 11.5 Å². The third kappa shape index (κ3) is 7.71. The van der Waals surface area contributed by atoms with Crippen molar-refractivity contribution in [3.05, 3.63) is 89.5 Å². The lowest BCUT2D eigenvalue weighted by molar-refractivity contribution is -0.131. The molecule has 182 valence electrons. The van der Waals surface area contributed by atoms with E-state index in [0.717, 1.165) is 5.56 Å². The van der Waals surface area contributed by atoms with Gasteiger partial charge in [0.05, 0.1) is 0 Å². The second-order valence-corrected chi connectivity index (χ2v) is 8.47. The number of carbonyl (C=O) groups excluding carboxylic acids is 3. The number of rotatable bonds is 9. The van der Waals surface area contributed by atoms with E-state index in [1.165, 1.54) is 18.6 Å². The first-order valence-corrected chi connectivity index (χ1v) is 11.4. The van der Waals surface area contributed by atoms with Crippen LogP contribution in [-0.4, -0.2) is 23.9 Å². The van der Waals surface area contributed by atoms with Gasteiger partial charge in [0.2, 0.25) is 0 Å². The van der Waals surface area contributed by atoms with Gasteiger partial charge in [0.15, 0.2) is 6.10 Å². The summed E-state index contributed by atoms with van der Waals surface area (Å²) >= 11 is 0. The molecule has 0 heterocycles. The molecule has 1 atom stereocenters. The Kier molecular flexibility index (Phi) is 8.62. The van der Waals surface area contributed by atoms with Crippen molar-refractivity contribution in [1.29, 1.82) is 0 Å². The van der Waals surface area contributed by atoms with E-state index in [-0.39, 0.29) is 11.8 Å². The van der Waals surface area contributed by atoms with Gasteiger partial charge in [-0.3, -0.25) is 14.4 Å². The summed E-state index contributed by atoms with van der Waals surface area (Å²) in [6.45, 7) is 7.55. The molecule has 3 aromatic rings. The zero-order chi connectivity index (χ0) is 25.4. The second kappa shape index (κ2) is 11.8. The van der Waals surface area contributed by atoms with Gasteiger partial charge in [0, 0.05) is 24.7 Å². The quantitative estimate of drug-likeness (QED) is 0.334. The lowest BCUT2D eigenvalue weighted by Crippen LogP contribution is -2.30. The van der Waals surface area contributed by atoms with Crippen LogP contribution in [0.2, 0.25) is 0 Å². The van der Waals surface area contributed by atoms with Crippen molar-refractivity contribution in [3.8, 4) is 11.5 Å². The number of ether oxygens (including phenoxy) is 2. The average Bonchev–Trinajstić information content (AvgIpc) is 2.83. The summed E-state index contributed by atoms with van der Waals surface area (Å²) in [5.41, 5.74) is 3.09. The smallest absolute Gasteiger partial charge is 0.308 e. The van der Waals surface area contributed by atoms with E-state index in [4.69, 9.17) is 9.47 Å². The molecule has 2 amide bonds. The van der Waals surface area contributed by atoms with Crippen LogP contribution >= 0.6 is 0 Å². The summed E-state index contributed by atoms with van der Waals surface area (Å²) in [4.78, 5) is 36.0. The zero-order valence-corrected chi connectivity index (χ0v) is 20.3. The summed E-state index contributed by atoms with van der Waals surface area (Å²) in [7, 11) is 0. The van der Waals surface area contributed by atoms with Crippen LogP contribution in [0.4, 0.5) is 5.69 Å². The molecule has 0 aromatic heterocycles. The number of benzene rings is 3. The Bertz CT molecular complexity index is 1170. The highest BCUT2D eigenvalue weighted by atomic mass is 16.5. The van der Waals surface area contributed by atoms with Gasteiger partial charge < -0.3 is 20.1 Å². The van der Waals surface area contributed by atoms with Crippen molar-refractivity contribution in [3.63, 3.8) is 0 Å². The molecule has 3 rings (SSSR count). The third-order valence-electron chi connectivity index (χ3n) is 5.26. The minimum atomic E-state index is -0.665. The van der Waals surface area contributed by atoms with Gasteiger partial charge in [-0.15, -0.1) is 0 Å². The van der Waals surface area contributed by atoms with E-state index in [9.17, 15) is 14.4 Å². The van der Waals surface area contributed by atoms with Gasteiger partial charge in [-0.1, -0.05) is 44.2 Å². The molecular formula is C28H30N2O5. The van der Waals surface area contributed by atoms with Gasteiger partial charge in [-0.05, 0) is 66.4 Å². The molecule has 7 nitrogen and oxygen atoms in total. The van der Waals surface area contributed by atoms with Crippen LogP contribution in [0, 0.1) is 0 Å². The van der Waals surface area contributed by atoms with Crippen LogP contribution in [0.3, 0.4) is 0 Å². The Morgan fingerprint density at radius 2 is 1.54 bits per heavy atom. The van der Waals surface area contributed by atoms with Crippen molar-refractivity contribution >= 4 is 23.5 Å². The molecule has 0 saturated carbocycles. The molecule has 0 spiro atoms. The van der Waals surface area contributed by atoms with Gasteiger partial charge in [-0.25, -0.2) is 0 Å². The number of nitrogens with one attached hydrogen (secondary N) is 2. The molecule has 0 aliphatic heterocycles. The van der Waals surface area contributed by atoms with Crippen molar-refractivity contribution in [2.45, 2.75) is 46.3 Å². The lowest BCUT2D eigenvalue weighted by atomic mass is 10.0. The van der Waals surface area contributed by atoms with E-state index in [2.05, 4.69) is 24.5 Å². The molecule has 0 aliphatic carbocycles. The van der Waals surface area contributed by atoms with Crippen LogP contribution < -0.4 is 20.1 Å². The number of anilines is 1. The monoisotopic (exact) mass is 474 g/mol. The fourth-order valence-electron chi connectivity index (χ4n) is 3.29. The highest BCUT2D eigenvalue weighted by molar-refractivity contribution is 5.95. The number of hydrogen-bond donors (Lipinski definition) is 2. The number of esters is 1. The van der Waals surface area contributed by atoms with Gasteiger partial charge in [-0.2, -0.15) is 0 Å². The maximum Gasteiger partial charge on any atom is 0.308 e. The molecule has 0 radical (unpaired) electrons. The second-order valence-electron chi connectivity index (χ2n) is 8.47. The van der Waals surface area contributed by atoms with Crippen molar-refractivity contribution in [2.24, 2.45) is 0 Å². The Hall–Kier alpha value is -4.13. The minimum Gasteiger partial charge on any atom is -0.481 e. The minimum absolute atomic E-state index is 0.258. The van der Waals surface area contributed by atoms with Crippen LogP contribution in [0.5, 0.6) is 11.5 Å². The van der Waals surface area contributed by atoms with Crippen molar-refractivity contribution in [1.82, 2.24) is 5.32 Å². The Morgan fingerprint density at radius 1 is 0.857 bits per heavy atom. The maximum absolute atomic E-state index is 12.5. The summed E-state index contributed by atoms with van der Waals surface area (Å²) in [6, 6.07) is 21.3. The third-order valence-corrected chi connectivity index (χ3v) is 5.26. The highest BCUT2D eigenvalue weighted by Gasteiger charge is 2.15. The lowest BCUT2D eigenvalue weighted by Gasteiger charge is -2.16. The van der Waals surface area contributed by atoms with E-state index in [1.807, 2.05) is 36.4 Å². The first kappa shape index (κ1) is 25.5. The fourth-order valence-corrected chi connectivity index (χ4v) is 3.29. The molecule has 3 aromatic carbocycles. The summed E-state index contributed by atoms with van der Waals surface area (Å²) in [5.74, 6) is 0.392. The molecular weight excluding hydrogens is 444 g/mol. The maximum atomic E-state index is 12.5. The molecule has 1 unspecified atom stereocenters. The molecule has 7 heteroatoms. The van der Waals surface area contributed by atoms with Gasteiger partial charge in [0.25, 0.3) is 11.8 Å². The summed E-state index contributed by atoms with van der Waals surface area (Å²) < 4.78 is 10.8. The average molecular weight is 475 g/mol. The standard InChI is InChI=1S/C28H30N2O5/c1-18(2)22-10-14-25(15-11-22)34-19(3)27(32)30-24-12-8-21(9-13-24)17-29-28(33)23-6-5-7-26(16-23)35-20(4)31/h5-16,18-19H,17H2,1-4H3,(H,29,33)(H,30,32). The first-order chi connectivity index (χ1) is 16.7. The Morgan fingerprint density at radius 3 is 2.17 bits per heavy atom. The largest absolute Gasteiger partial charge is 0.481 e. The first-order valence-electron chi connectivity index (χ1n) is 11.4. The highest BCUT2D eigenvalue weighted by Crippen LogP contribution is 2.20. The summed E-state index contributed by atoms with van der Waals surface area (Å²) in [6.07, 6.45) is -0.665. The van der Waals surface area contributed by atoms with Crippen LogP contribution in [0.15, 0.2) is 72.8 Å². The number of carbonyl (C=O) groups is 3.